The number of aromatic nitrogens is 2. The summed E-state index contributed by atoms with van der Waals surface area (Å²) in [6.07, 6.45) is 2.69. The van der Waals surface area contributed by atoms with Gasteiger partial charge in [0, 0.05) is 25.5 Å². The SMILES string of the molecule is CCc1ccc(CN(Cc2ccc(OC)cc2)S(=O)(=O)[C@@H](C)[C@H](O)c2ncc(C)cn2)cc1. The van der Waals surface area contributed by atoms with Crippen LogP contribution in [0, 0.1) is 6.92 Å². The van der Waals surface area contributed by atoms with Gasteiger partial charge in [0.2, 0.25) is 10.0 Å². The number of rotatable bonds is 10. The lowest BCUT2D eigenvalue weighted by molar-refractivity contribution is 0.162. The Hall–Kier alpha value is -2.81. The van der Waals surface area contributed by atoms with Crippen LogP contribution in [0.2, 0.25) is 0 Å². The fraction of sp³-hybridized carbons (Fsp3) is 0.360. The fourth-order valence-electron chi connectivity index (χ4n) is 3.42. The molecule has 0 saturated heterocycles. The van der Waals surface area contributed by atoms with Crippen LogP contribution < -0.4 is 4.74 Å². The van der Waals surface area contributed by atoms with Gasteiger partial charge < -0.3 is 9.84 Å². The highest BCUT2D eigenvalue weighted by Crippen LogP contribution is 2.26. The molecule has 33 heavy (non-hydrogen) atoms. The van der Waals surface area contributed by atoms with Gasteiger partial charge in [-0.2, -0.15) is 4.31 Å². The van der Waals surface area contributed by atoms with Crippen molar-refractivity contribution in [3.8, 4) is 5.75 Å². The molecule has 2 aromatic carbocycles. The second-order valence-electron chi connectivity index (χ2n) is 8.10. The number of sulfonamides is 1. The van der Waals surface area contributed by atoms with Crippen LogP contribution in [0.5, 0.6) is 5.75 Å². The van der Waals surface area contributed by atoms with E-state index in [1.54, 1.807) is 31.6 Å². The van der Waals surface area contributed by atoms with E-state index >= 15 is 0 Å². The topological polar surface area (TPSA) is 92.6 Å². The molecule has 0 bridgehead atoms. The number of hydrogen-bond acceptors (Lipinski definition) is 6. The number of aryl methyl sites for hydroxylation is 2. The molecule has 8 heteroatoms. The molecule has 1 heterocycles. The van der Waals surface area contributed by atoms with Gasteiger partial charge in [-0.1, -0.05) is 43.3 Å². The first-order chi connectivity index (χ1) is 15.7. The summed E-state index contributed by atoms with van der Waals surface area (Å²) in [5, 5.41) is 9.65. The van der Waals surface area contributed by atoms with Gasteiger partial charge in [-0.05, 0) is 54.7 Å². The number of ether oxygens (including phenoxy) is 1. The van der Waals surface area contributed by atoms with E-state index in [1.165, 1.54) is 16.8 Å². The predicted molar refractivity (Wildman–Crippen MR) is 128 cm³/mol. The number of aliphatic hydroxyl groups is 1. The van der Waals surface area contributed by atoms with Crippen molar-refractivity contribution in [1.29, 1.82) is 0 Å². The second kappa shape index (κ2) is 10.9. The van der Waals surface area contributed by atoms with Crippen LogP contribution >= 0.6 is 0 Å². The quantitative estimate of drug-likeness (QED) is 0.485. The van der Waals surface area contributed by atoms with Crippen LogP contribution in [0.25, 0.3) is 0 Å². The fourth-order valence-corrected chi connectivity index (χ4v) is 4.99. The lowest BCUT2D eigenvalue weighted by Gasteiger charge is -2.28. The van der Waals surface area contributed by atoms with Crippen LogP contribution in [0.4, 0.5) is 0 Å². The van der Waals surface area contributed by atoms with Crippen LogP contribution in [0.3, 0.4) is 0 Å². The van der Waals surface area contributed by atoms with Gasteiger partial charge in [-0.25, -0.2) is 18.4 Å². The molecule has 0 fully saturated rings. The number of aliphatic hydroxyl groups excluding tert-OH is 1. The van der Waals surface area contributed by atoms with Crippen molar-refractivity contribution in [3.05, 3.63) is 89.0 Å². The minimum atomic E-state index is -3.91. The van der Waals surface area contributed by atoms with E-state index < -0.39 is 21.4 Å². The molecule has 1 N–H and O–H groups in total. The van der Waals surface area contributed by atoms with Gasteiger partial charge in [-0.15, -0.1) is 0 Å². The van der Waals surface area contributed by atoms with E-state index in [2.05, 4.69) is 16.9 Å². The Kier molecular flexibility index (Phi) is 8.18. The highest BCUT2D eigenvalue weighted by Gasteiger charge is 2.36. The number of nitrogens with zero attached hydrogens (tertiary/aromatic N) is 3. The van der Waals surface area contributed by atoms with Crippen LogP contribution in [0.1, 0.15) is 48.0 Å². The van der Waals surface area contributed by atoms with Gasteiger partial charge >= 0.3 is 0 Å². The van der Waals surface area contributed by atoms with Crippen molar-refractivity contribution in [1.82, 2.24) is 14.3 Å². The lowest BCUT2D eigenvalue weighted by Crippen LogP contribution is -2.40. The predicted octanol–water partition coefficient (Wildman–Crippen LogP) is 3.81. The van der Waals surface area contributed by atoms with Gasteiger partial charge in [0.05, 0.1) is 7.11 Å². The Bertz CT molecular complexity index is 1080. The summed E-state index contributed by atoms with van der Waals surface area (Å²) < 4.78 is 33.9. The minimum Gasteiger partial charge on any atom is -0.497 e. The molecule has 2 atom stereocenters. The molecule has 0 aliphatic heterocycles. The van der Waals surface area contributed by atoms with E-state index in [9.17, 15) is 13.5 Å². The molecule has 0 amide bonds. The zero-order valence-corrected chi connectivity index (χ0v) is 20.3. The Morgan fingerprint density at radius 1 is 0.939 bits per heavy atom. The van der Waals surface area contributed by atoms with Gasteiger partial charge in [0.15, 0.2) is 5.82 Å². The third kappa shape index (κ3) is 6.16. The highest BCUT2D eigenvalue weighted by atomic mass is 32.2. The summed E-state index contributed by atoms with van der Waals surface area (Å²) in [7, 11) is -2.33. The minimum absolute atomic E-state index is 0.0911. The first-order valence-electron chi connectivity index (χ1n) is 10.9. The highest BCUT2D eigenvalue weighted by molar-refractivity contribution is 7.89. The number of methoxy groups -OCH3 is 1. The molecular formula is C25H31N3O4S. The summed E-state index contributed by atoms with van der Waals surface area (Å²) in [5.74, 6) is 0.789. The zero-order valence-electron chi connectivity index (χ0n) is 19.5. The summed E-state index contributed by atoms with van der Waals surface area (Å²) in [5.41, 5.74) is 3.71. The van der Waals surface area contributed by atoms with E-state index in [4.69, 9.17) is 4.74 Å². The van der Waals surface area contributed by atoms with E-state index in [-0.39, 0.29) is 18.9 Å². The molecule has 3 aromatic rings. The molecule has 0 unspecified atom stereocenters. The molecule has 176 valence electrons. The summed E-state index contributed by atoms with van der Waals surface area (Å²) >= 11 is 0. The number of hydrogen-bond donors (Lipinski definition) is 1. The summed E-state index contributed by atoms with van der Waals surface area (Å²) in [6.45, 7) is 5.74. The maximum atomic E-state index is 13.7. The monoisotopic (exact) mass is 469 g/mol. The number of benzene rings is 2. The summed E-state index contributed by atoms with van der Waals surface area (Å²) in [4.78, 5) is 8.24. The van der Waals surface area contributed by atoms with Crippen molar-refractivity contribution in [3.63, 3.8) is 0 Å². The zero-order chi connectivity index (χ0) is 24.0. The van der Waals surface area contributed by atoms with Crippen molar-refractivity contribution < 1.29 is 18.3 Å². The van der Waals surface area contributed by atoms with E-state index in [0.717, 1.165) is 23.1 Å². The Morgan fingerprint density at radius 2 is 1.42 bits per heavy atom. The van der Waals surface area contributed by atoms with E-state index in [1.807, 2.05) is 43.3 Å². The maximum Gasteiger partial charge on any atom is 0.220 e. The third-order valence-corrected chi connectivity index (χ3v) is 7.82. The molecular weight excluding hydrogens is 438 g/mol. The van der Waals surface area contributed by atoms with Crippen molar-refractivity contribution in [2.24, 2.45) is 0 Å². The van der Waals surface area contributed by atoms with Gasteiger partial charge in [-0.3, -0.25) is 0 Å². The smallest absolute Gasteiger partial charge is 0.220 e. The van der Waals surface area contributed by atoms with Gasteiger partial charge in [0.25, 0.3) is 0 Å². The molecule has 0 spiro atoms. The summed E-state index contributed by atoms with van der Waals surface area (Å²) in [6, 6.07) is 15.2. The normalized spacial score (nSPS) is 13.6. The molecule has 7 nitrogen and oxygen atoms in total. The Balaban J connectivity index is 1.91. The largest absolute Gasteiger partial charge is 0.497 e. The van der Waals surface area contributed by atoms with Crippen molar-refractivity contribution in [2.45, 2.75) is 51.6 Å². The van der Waals surface area contributed by atoms with Gasteiger partial charge in [0.1, 0.15) is 17.1 Å². The lowest BCUT2D eigenvalue weighted by atomic mass is 10.1. The maximum absolute atomic E-state index is 13.7. The molecule has 0 aliphatic carbocycles. The Morgan fingerprint density at radius 3 is 1.91 bits per heavy atom. The third-order valence-electron chi connectivity index (χ3n) is 5.65. The first-order valence-corrected chi connectivity index (χ1v) is 12.4. The molecule has 3 rings (SSSR count). The Labute approximate surface area is 196 Å². The van der Waals surface area contributed by atoms with Crippen LogP contribution in [-0.2, 0) is 29.5 Å². The average Bonchev–Trinajstić information content (AvgIpc) is 2.84. The average molecular weight is 470 g/mol. The molecule has 0 radical (unpaired) electrons. The first kappa shape index (κ1) is 24.8. The van der Waals surface area contributed by atoms with Crippen LogP contribution in [-0.4, -0.2) is 40.2 Å². The molecule has 1 aromatic heterocycles. The van der Waals surface area contributed by atoms with E-state index in [0.29, 0.717) is 5.75 Å². The van der Waals surface area contributed by atoms with Crippen molar-refractivity contribution >= 4 is 10.0 Å². The molecule has 0 aliphatic rings. The van der Waals surface area contributed by atoms with Crippen molar-refractivity contribution in [2.75, 3.05) is 7.11 Å². The van der Waals surface area contributed by atoms with Crippen LogP contribution in [0.15, 0.2) is 60.9 Å². The standard InChI is InChI=1S/C25H31N3O4S/c1-5-20-6-8-21(9-7-20)16-28(17-22-10-12-23(32-4)13-11-22)33(30,31)19(3)24(29)25-26-14-18(2)15-27-25/h6-15,19,24,29H,5,16-17H2,1-4H3/t19-,24-/m0/s1. The molecule has 0 saturated carbocycles. The second-order valence-corrected chi connectivity index (χ2v) is 10.4.